The third kappa shape index (κ3) is 5.62. The number of rotatable bonds is 11. The lowest BCUT2D eigenvalue weighted by Crippen LogP contribution is -2.29. The highest BCUT2D eigenvalue weighted by molar-refractivity contribution is 7.84. The minimum absolute atomic E-state index is 0.147. The van der Waals surface area contributed by atoms with Crippen LogP contribution in [0.25, 0.3) is 11.1 Å². The summed E-state index contributed by atoms with van der Waals surface area (Å²) in [4.78, 5) is 12.6. The Hall–Kier alpha value is -3.26. The van der Waals surface area contributed by atoms with Crippen LogP contribution < -0.4 is 5.32 Å². The first kappa shape index (κ1) is 23.9. The summed E-state index contributed by atoms with van der Waals surface area (Å²) in [5, 5.41) is 3.36. The second-order valence-corrected chi connectivity index (χ2v) is 9.55. The SMILES string of the molecule is C=C(CCc1ccccc1)CC(NC(=C=O)CCC1c2ccccc2-c2ccccc21)C(=C)S. The van der Waals surface area contributed by atoms with E-state index in [0.717, 1.165) is 24.8 Å². The highest BCUT2D eigenvalue weighted by Crippen LogP contribution is 2.46. The molecule has 0 aliphatic heterocycles. The number of aryl methyl sites for hydroxylation is 1. The molecule has 1 N–H and O–H groups in total. The Morgan fingerprint density at radius 1 is 0.882 bits per heavy atom. The summed E-state index contributed by atoms with van der Waals surface area (Å²) in [6.07, 6.45) is 3.98. The molecule has 1 aliphatic rings. The van der Waals surface area contributed by atoms with Crippen molar-refractivity contribution in [1.82, 2.24) is 5.32 Å². The predicted octanol–water partition coefficient (Wildman–Crippen LogP) is 7.28. The lowest BCUT2D eigenvalue weighted by Gasteiger charge is -2.22. The van der Waals surface area contributed by atoms with Crippen LogP contribution >= 0.6 is 12.6 Å². The third-order valence-corrected chi connectivity index (χ3v) is 6.93. The zero-order valence-electron chi connectivity index (χ0n) is 19.5. The molecule has 3 heteroatoms. The molecule has 1 aliphatic carbocycles. The smallest absolute Gasteiger partial charge is 0.145 e. The standard InChI is InChI=1S/C31H31NOS/c1-22(16-17-24-10-4-3-5-11-24)20-31(23(2)34)32-25(21-33)18-19-30-28-14-8-6-12-26(28)27-13-7-9-15-29(27)30/h3-15,30-32,34H,1-2,16-20H2. The second-order valence-electron chi connectivity index (χ2n) is 8.97. The molecule has 0 bridgehead atoms. The van der Waals surface area contributed by atoms with E-state index in [9.17, 15) is 4.79 Å². The van der Waals surface area contributed by atoms with Crippen molar-refractivity contribution in [2.24, 2.45) is 0 Å². The van der Waals surface area contributed by atoms with E-state index in [4.69, 9.17) is 0 Å². The van der Waals surface area contributed by atoms with Gasteiger partial charge in [-0.15, -0.1) is 12.6 Å². The van der Waals surface area contributed by atoms with Crippen LogP contribution in [0.5, 0.6) is 0 Å². The zero-order valence-corrected chi connectivity index (χ0v) is 20.4. The van der Waals surface area contributed by atoms with Crippen molar-refractivity contribution < 1.29 is 4.79 Å². The van der Waals surface area contributed by atoms with Crippen LogP contribution in [0.15, 0.2) is 108 Å². The maximum Gasteiger partial charge on any atom is 0.145 e. The topological polar surface area (TPSA) is 29.1 Å². The van der Waals surface area contributed by atoms with Gasteiger partial charge in [0, 0.05) is 5.92 Å². The molecule has 0 fully saturated rings. The fraction of sp³-hybridized carbons (Fsp3) is 0.226. The fourth-order valence-electron chi connectivity index (χ4n) is 4.83. The van der Waals surface area contributed by atoms with Gasteiger partial charge in [-0.05, 0) is 64.8 Å². The molecular formula is C31H31NOS. The van der Waals surface area contributed by atoms with Crippen molar-refractivity contribution in [3.8, 4) is 11.1 Å². The van der Waals surface area contributed by atoms with Gasteiger partial charge in [0.1, 0.15) is 5.94 Å². The number of fused-ring (bicyclic) bond motifs is 3. The van der Waals surface area contributed by atoms with Gasteiger partial charge in [-0.2, -0.15) is 0 Å². The van der Waals surface area contributed by atoms with E-state index in [2.05, 4.69) is 110 Å². The van der Waals surface area contributed by atoms with Crippen LogP contribution in [0.3, 0.4) is 0 Å². The summed E-state index contributed by atoms with van der Waals surface area (Å²) in [7, 11) is 0. The van der Waals surface area contributed by atoms with Crippen LogP contribution in [-0.2, 0) is 11.2 Å². The number of allylic oxidation sites excluding steroid dienone is 1. The molecule has 3 aromatic carbocycles. The van der Waals surface area contributed by atoms with Gasteiger partial charge in [-0.1, -0.05) is 97.6 Å². The highest BCUT2D eigenvalue weighted by atomic mass is 32.1. The lowest BCUT2D eigenvalue weighted by atomic mass is 9.91. The molecular weight excluding hydrogens is 434 g/mol. The molecule has 0 amide bonds. The summed E-state index contributed by atoms with van der Waals surface area (Å²) < 4.78 is 0. The van der Waals surface area contributed by atoms with Crippen LogP contribution in [0.4, 0.5) is 0 Å². The Bertz CT molecular complexity index is 1180. The summed E-state index contributed by atoms with van der Waals surface area (Å²) >= 11 is 4.51. The molecule has 2 nitrogen and oxygen atoms in total. The summed E-state index contributed by atoms with van der Waals surface area (Å²) in [5.41, 5.74) is 8.23. The Morgan fingerprint density at radius 2 is 1.47 bits per heavy atom. The van der Waals surface area contributed by atoms with E-state index < -0.39 is 0 Å². The largest absolute Gasteiger partial charge is 0.372 e. The van der Waals surface area contributed by atoms with E-state index >= 15 is 0 Å². The maximum atomic E-state index is 11.9. The molecule has 34 heavy (non-hydrogen) atoms. The molecule has 1 unspecified atom stereocenters. The van der Waals surface area contributed by atoms with Gasteiger partial charge in [0.05, 0.1) is 11.7 Å². The van der Waals surface area contributed by atoms with Gasteiger partial charge in [0.2, 0.25) is 0 Å². The van der Waals surface area contributed by atoms with Crippen molar-refractivity contribution in [3.05, 3.63) is 125 Å². The molecule has 4 rings (SSSR count). The van der Waals surface area contributed by atoms with Gasteiger partial charge in [0.15, 0.2) is 0 Å². The third-order valence-electron chi connectivity index (χ3n) is 6.62. The van der Waals surface area contributed by atoms with Crippen molar-refractivity contribution in [3.63, 3.8) is 0 Å². The normalized spacial score (nSPS) is 12.9. The Morgan fingerprint density at radius 3 is 2.06 bits per heavy atom. The first-order chi connectivity index (χ1) is 16.6. The Kier molecular flexibility index (Phi) is 7.90. The number of nitrogens with one attached hydrogen (secondary N) is 1. The van der Waals surface area contributed by atoms with Crippen molar-refractivity contribution in [2.75, 3.05) is 0 Å². The second kappa shape index (κ2) is 11.2. The van der Waals surface area contributed by atoms with Crippen LogP contribution in [0, 0.1) is 0 Å². The summed E-state index contributed by atoms with van der Waals surface area (Å²) in [5.74, 6) is 2.42. The lowest BCUT2D eigenvalue weighted by molar-refractivity contribution is 0.551. The first-order valence-corrected chi connectivity index (χ1v) is 12.3. The van der Waals surface area contributed by atoms with E-state index in [1.54, 1.807) is 0 Å². The first-order valence-electron chi connectivity index (χ1n) is 11.8. The van der Waals surface area contributed by atoms with E-state index in [1.807, 2.05) is 6.07 Å². The minimum atomic E-state index is -0.147. The van der Waals surface area contributed by atoms with Crippen molar-refractivity contribution >= 4 is 18.6 Å². The van der Waals surface area contributed by atoms with E-state index in [-0.39, 0.29) is 12.0 Å². The molecule has 0 heterocycles. The average molecular weight is 466 g/mol. The monoisotopic (exact) mass is 465 g/mol. The van der Waals surface area contributed by atoms with Gasteiger partial charge >= 0.3 is 0 Å². The van der Waals surface area contributed by atoms with Crippen LogP contribution in [0.1, 0.15) is 48.3 Å². The molecule has 0 saturated heterocycles. The number of hydrogen-bond donors (Lipinski definition) is 2. The van der Waals surface area contributed by atoms with Gasteiger partial charge in [0.25, 0.3) is 0 Å². The summed E-state index contributed by atoms with van der Waals surface area (Å²) in [6, 6.07) is 27.4. The maximum absolute atomic E-state index is 11.9. The fourth-order valence-corrected chi connectivity index (χ4v) is 4.99. The predicted molar refractivity (Wildman–Crippen MR) is 146 cm³/mol. The number of hydrogen-bond acceptors (Lipinski definition) is 3. The number of benzene rings is 3. The van der Waals surface area contributed by atoms with E-state index in [1.165, 1.54) is 27.8 Å². The van der Waals surface area contributed by atoms with Crippen LogP contribution in [0.2, 0.25) is 0 Å². The molecule has 0 saturated carbocycles. The average Bonchev–Trinajstić information content (AvgIpc) is 3.19. The summed E-state index contributed by atoms with van der Waals surface area (Å²) in [6.45, 7) is 8.29. The molecule has 3 aromatic rings. The Balaban J connectivity index is 1.38. The minimum Gasteiger partial charge on any atom is -0.372 e. The molecule has 1 atom stereocenters. The quantitative estimate of drug-likeness (QED) is 0.177. The highest BCUT2D eigenvalue weighted by Gasteiger charge is 2.28. The Labute approximate surface area is 208 Å². The van der Waals surface area contributed by atoms with Crippen LogP contribution in [-0.4, -0.2) is 12.0 Å². The molecule has 0 spiro atoms. The molecule has 0 radical (unpaired) electrons. The molecule has 0 aromatic heterocycles. The van der Waals surface area contributed by atoms with Gasteiger partial charge in [-0.25, -0.2) is 4.79 Å². The van der Waals surface area contributed by atoms with Crippen molar-refractivity contribution in [1.29, 1.82) is 0 Å². The van der Waals surface area contributed by atoms with E-state index in [0.29, 0.717) is 23.4 Å². The number of thiol groups is 1. The van der Waals surface area contributed by atoms with Gasteiger partial charge in [-0.3, -0.25) is 0 Å². The number of carbonyl (C=O) groups excluding carboxylic acids is 1. The molecule has 172 valence electrons. The zero-order chi connectivity index (χ0) is 23.9. The van der Waals surface area contributed by atoms with Crippen molar-refractivity contribution in [2.45, 2.75) is 44.1 Å². The van der Waals surface area contributed by atoms with Gasteiger partial charge < -0.3 is 5.32 Å².